The van der Waals surface area contributed by atoms with Crippen molar-refractivity contribution in [2.75, 3.05) is 19.8 Å². The van der Waals surface area contributed by atoms with E-state index in [0.717, 1.165) is 32.1 Å². The third-order valence-corrected chi connectivity index (χ3v) is 4.19. The van der Waals surface area contributed by atoms with Crippen molar-refractivity contribution < 1.29 is 4.74 Å². The maximum atomic E-state index is 5.78. The van der Waals surface area contributed by atoms with Crippen molar-refractivity contribution >= 4 is 0 Å². The zero-order valence-corrected chi connectivity index (χ0v) is 12.2. The molecular formula is C15H31NO. The van der Waals surface area contributed by atoms with Crippen molar-refractivity contribution in [3.63, 3.8) is 0 Å². The summed E-state index contributed by atoms with van der Waals surface area (Å²) in [6, 6.07) is 0.543. The molecule has 2 heteroatoms. The zero-order valence-electron chi connectivity index (χ0n) is 12.2. The molecule has 0 heterocycles. The number of ether oxygens (including phenoxy) is 1. The monoisotopic (exact) mass is 241 g/mol. The van der Waals surface area contributed by atoms with Gasteiger partial charge in [-0.3, -0.25) is 0 Å². The second-order valence-corrected chi connectivity index (χ2v) is 6.08. The van der Waals surface area contributed by atoms with Gasteiger partial charge in [0.15, 0.2) is 0 Å². The van der Waals surface area contributed by atoms with E-state index in [2.05, 4.69) is 33.0 Å². The molecule has 0 radical (unpaired) electrons. The molecule has 0 aromatic rings. The van der Waals surface area contributed by atoms with Gasteiger partial charge in [0, 0.05) is 12.6 Å². The zero-order chi connectivity index (χ0) is 12.7. The Morgan fingerprint density at radius 1 is 1.29 bits per heavy atom. The van der Waals surface area contributed by atoms with Gasteiger partial charge in [0.25, 0.3) is 0 Å². The Kier molecular flexibility index (Phi) is 6.50. The molecule has 1 fully saturated rings. The van der Waals surface area contributed by atoms with Gasteiger partial charge in [-0.15, -0.1) is 0 Å². The average Bonchev–Trinajstić information content (AvgIpc) is 2.28. The summed E-state index contributed by atoms with van der Waals surface area (Å²) in [4.78, 5) is 0. The van der Waals surface area contributed by atoms with Gasteiger partial charge in [0.2, 0.25) is 0 Å². The third kappa shape index (κ3) is 4.59. The number of nitrogens with one attached hydrogen (secondary N) is 1. The van der Waals surface area contributed by atoms with Crippen LogP contribution < -0.4 is 5.32 Å². The van der Waals surface area contributed by atoms with E-state index in [4.69, 9.17) is 4.74 Å². The largest absolute Gasteiger partial charge is 0.380 e. The van der Waals surface area contributed by atoms with Crippen LogP contribution >= 0.6 is 0 Å². The highest BCUT2D eigenvalue weighted by molar-refractivity contribution is 4.90. The molecule has 0 saturated heterocycles. The number of rotatable bonds is 7. The van der Waals surface area contributed by atoms with E-state index in [1.54, 1.807) is 0 Å². The highest BCUT2D eigenvalue weighted by atomic mass is 16.5. The van der Waals surface area contributed by atoms with E-state index in [1.807, 2.05) is 0 Å². The molecule has 0 aliphatic heterocycles. The Hall–Kier alpha value is -0.0800. The van der Waals surface area contributed by atoms with Gasteiger partial charge >= 0.3 is 0 Å². The van der Waals surface area contributed by atoms with E-state index < -0.39 is 0 Å². The SMILES string of the molecule is CCCOCC(NCC)C1CCCCC1(C)C. The molecule has 102 valence electrons. The topological polar surface area (TPSA) is 21.3 Å². The van der Waals surface area contributed by atoms with Gasteiger partial charge < -0.3 is 10.1 Å². The van der Waals surface area contributed by atoms with Crippen LogP contribution in [0, 0.1) is 11.3 Å². The molecule has 17 heavy (non-hydrogen) atoms. The maximum absolute atomic E-state index is 5.78. The Bertz CT molecular complexity index is 203. The van der Waals surface area contributed by atoms with Gasteiger partial charge in [-0.25, -0.2) is 0 Å². The fourth-order valence-electron chi connectivity index (χ4n) is 3.20. The summed E-state index contributed by atoms with van der Waals surface area (Å²) in [5, 5.41) is 3.64. The van der Waals surface area contributed by atoms with E-state index in [1.165, 1.54) is 25.7 Å². The molecule has 0 bridgehead atoms. The van der Waals surface area contributed by atoms with E-state index in [9.17, 15) is 0 Å². The summed E-state index contributed by atoms with van der Waals surface area (Å²) >= 11 is 0. The Morgan fingerprint density at radius 2 is 2.06 bits per heavy atom. The summed E-state index contributed by atoms with van der Waals surface area (Å²) in [5.74, 6) is 0.771. The molecule has 1 N–H and O–H groups in total. The Labute approximate surface area is 108 Å². The van der Waals surface area contributed by atoms with Crippen molar-refractivity contribution in [3.8, 4) is 0 Å². The minimum absolute atomic E-state index is 0.473. The first kappa shape index (κ1) is 15.0. The van der Waals surface area contributed by atoms with Crippen LogP contribution in [0.4, 0.5) is 0 Å². The van der Waals surface area contributed by atoms with Crippen molar-refractivity contribution in [2.45, 2.75) is 65.8 Å². The molecule has 0 amide bonds. The van der Waals surface area contributed by atoms with Gasteiger partial charge in [0.05, 0.1) is 6.61 Å². The van der Waals surface area contributed by atoms with Crippen LogP contribution in [0.15, 0.2) is 0 Å². The van der Waals surface area contributed by atoms with Gasteiger partial charge in [-0.05, 0) is 37.1 Å². The summed E-state index contributed by atoms with van der Waals surface area (Å²) in [5.41, 5.74) is 0.473. The molecule has 2 atom stereocenters. The lowest BCUT2D eigenvalue weighted by Crippen LogP contribution is -2.47. The number of likely N-dealkylation sites (N-methyl/N-ethyl adjacent to an activating group) is 1. The van der Waals surface area contributed by atoms with Gasteiger partial charge in [-0.1, -0.05) is 40.5 Å². The van der Waals surface area contributed by atoms with Crippen LogP contribution in [0.25, 0.3) is 0 Å². The highest BCUT2D eigenvalue weighted by Crippen LogP contribution is 2.42. The lowest BCUT2D eigenvalue weighted by Gasteiger charge is -2.43. The predicted molar refractivity (Wildman–Crippen MR) is 74.3 cm³/mol. The second-order valence-electron chi connectivity index (χ2n) is 6.08. The summed E-state index contributed by atoms with van der Waals surface area (Å²) in [6.45, 7) is 12.1. The minimum atomic E-state index is 0.473. The van der Waals surface area contributed by atoms with Gasteiger partial charge in [-0.2, -0.15) is 0 Å². The lowest BCUT2D eigenvalue weighted by molar-refractivity contribution is 0.0370. The van der Waals surface area contributed by atoms with E-state index in [-0.39, 0.29) is 0 Å². The molecule has 1 rings (SSSR count). The fraction of sp³-hybridized carbons (Fsp3) is 1.00. The average molecular weight is 241 g/mol. The molecule has 1 aliphatic carbocycles. The van der Waals surface area contributed by atoms with Crippen molar-refractivity contribution in [3.05, 3.63) is 0 Å². The normalized spacial score (nSPS) is 25.8. The Balaban J connectivity index is 2.54. The van der Waals surface area contributed by atoms with Crippen molar-refractivity contribution in [1.82, 2.24) is 5.32 Å². The van der Waals surface area contributed by atoms with Crippen LogP contribution in [0.3, 0.4) is 0 Å². The fourth-order valence-corrected chi connectivity index (χ4v) is 3.20. The third-order valence-electron chi connectivity index (χ3n) is 4.19. The molecule has 2 nitrogen and oxygen atoms in total. The molecule has 1 saturated carbocycles. The van der Waals surface area contributed by atoms with Gasteiger partial charge in [0.1, 0.15) is 0 Å². The first-order valence-corrected chi connectivity index (χ1v) is 7.43. The first-order chi connectivity index (χ1) is 8.11. The lowest BCUT2D eigenvalue weighted by atomic mass is 9.66. The molecular weight excluding hydrogens is 210 g/mol. The van der Waals surface area contributed by atoms with Crippen molar-refractivity contribution in [2.24, 2.45) is 11.3 Å². The first-order valence-electron chi connectivity index (χ1n) is 7.43. The molecule has 0 spiro atoms. The highest BCUT2D eigenvalue weighted by Gasteiger charge is 2.37. The second kappa shape index (κ2) is 7.38. The van der Waals surface area contributed by atoms with E-state index >= 15 is 0 Å². The quantitative estimate of drug-likeness (QED) is 0.688. The molecule has 0 aromatic heterocycles. The summed E-state index contributed by atoms with van der Waals surface area (Å²) in [6.07, 6.45) is 6.64. The summed E-state index contributed by atoms with van der Waals surface area (Å²) in [7, 11) is 0. The van der Waals surface area contributed by atoms with E-state index in [0.29, 0.717) is 11.5 Å². The Morgan fingerprint density at radius 3 is 2.65 bits per heavy atom. The smallest absolute Gasteiger partial charge is 0.0622 e. The molecule has 1 aliphatic rings. The maximum Gasteiger partial charge on any atom is 0.0622 e. The van der Waals surface area contributed by atoms with Crippen LogP contribution in [0.5, 0.6) is 0 Å². The van der Waals surface area contributed by atoms with Crippen LogP contribution in [-0.4, -0.2) is 25.8 Å². The molecule has 0 aromatic carbocycles. The van der Waals surface area contributed by atoms with Crippen LogP contribution in [0.1, 0.15) is 59.8 Å². The standard InChI is InChI=1S/C15H31NO/c1-5-11-17-12-14(16-6-2)13-9-7-8-10-15(13,3)4/h13-14,16H,5-12H2,1-4H3. The molecule has 2 unspecified atom stereocenters. The van der Waals surface area contributed by atoms with Crippen molar-refractivity contribution in [1.29, 1.82) is 0 Å². The minimum Gasteiger partial charge on any atom is -0.380 e. The predicted octanol–water partition coefficient (Wildman–Crippen LogP) is 3.61. The number of hydrogen-bond acceptors (Lipinski definition) is 2. The number of hydrogen-bond donors (Lipinski definition) is 1. The van der Waals surface area contributed by atoms with Crippen LogP contribution in [-0.2, 0) is 4.74 Å². The summed E-state index contributed by atoms with van der Waals surface area (Å²) < 4.78 is 5.78. The van der Waals surface area contributed by atoms with Crippen LogP contribution in [0.2, 0.25) is 0 Å².